The Bertz CT molecular complexity index is 1430. The third kappa shape index (κ3) is 7.36. The normalized spacial score (nSPS) is 18.4. The van der Waals surface area contributed by atoms with Gasteiger partial charge in [0.05, 0.1) is 23.6 Å². The lowest BCUT2D eigenvalue weighted by atomic mass is 9.97. The summed E-state index contributed by atoms with van der Waals surface area (Å²) in [5, 5.41) is 3.53. The molecule has 5 rings (SSSR count). The van der Waals surface area contributed by atoms with E-state index in [1.165, 1.54) is 43.0 Å². The molecule has 0 radical (unpaired) electrons. The van der Waals surface area contributed by atoms with Crippen LogP contribution in [0.25, 0.3) is 0 Å². The van der Waals surface area contributed by atoms with Crippen molar-refractivity contribution in [2.45, 2.75) is 55.6 Å². The largest absolute Gasteiger partial charge is 0.493 e. The fourth-order valence-corrected chi connectivity index (χ4v) is 7.30. The van der Waals surface area contributed by atoms with Crippen LogP contribution in [0.4, 0.5) is 0 Å². The summed E-state index contributed by atoms with van der Waals surface area (Å²) in [5.41, 5.74) is 2.81. The number of fused-ring (bicyclic) bond motifs is 1. The first-order chi connectivity index (χ1) is 19.3. The molecule has 0 aromatic heterocycles. The van der Waals surface area contributed by atoms with E-state index in [1.54, 1.807) is 24.3 Å². The number of halogens is 2. The van der Waals surface area contributed by atoms with E-state index >= 15 is 0 Å². The van der Waals surface area contributed by atoms with Crippen LogP contribution >= 0.6 is 23.2 Å². The first-order valence-corrected chi connectivity index (χ1v) is 15.8. The van der Waals surface area contributed by atoms with E-state index in [-0.39, 0.29) is 33.3 Å². The molecule has 2 heterocycles. The maximum atomic E-state index is 13.3. The summed E-state index contributed by atoms with van der Waals surface area (Å²) < 4.78 is 35.1. The molecule has 2 aliphatic heterocycles. The Morgan fingerprint density at radius 1 is 0.975 bits per heavy atom. The summed E-state index contributed by atoms with van der Waals surface area (Å²) in [6.07, 6.45) is 4.32. The Hall–Kier alpha value is -2.62. The summed E-state index contributed by atoms with van der Waals surface area (Å²) in [6.45, 7) is 3.63. The van der Waals surface area contributed by atoms with Crippen molar-refractivity contribution in [2.24, 2.45) is 0 Å². The number of hydrogen-bond acceptors (Lipinski definition) is 5. The van der Waals surface area contributed by atoms with Crippen molar-refractivity contribution in [3.63, 3.8) is 0 Å². The number of likely N-dealkylation sites (tertiary alicyclic amines) is 1. The molecule has 0 bridgehead atoms. The van der Waals surface area contributed by atoms with Crippen molar-refractivity contribution in [1.29, 1.82) is 0 Å². The number of carbonyl (C=O) groups excluding carboxylic acids is 1. The fourth-order valence-electron chi connectivity index (χ4n) is 5.35. The molecule has 10 heteroatoms. The number of amides is 1. The number of nitrogens with zero attached hydrogens (tertiary/aromatic N) is 1. The number of nitrogens with one attached hydrogen (secondary N) is 2. The van der Waals surface area contributed by atoms with E-state index in [2.05, 4.69) is 27.1 Å². The highest BCUT2D eigenvalue weighted by Crippen LogP contribution is 2.34. The first kappa shape index (κ1) is 28.9. The van der Waals surface area contributed by atoms with Crippen LogP contribution < -0.4 is 14.8 Å². The van der Waals surface area contributed by atoms with Gasteiger partial charge in [-0.05, 0) is 61.3 Å². The number of benzene rings is 3. The highest BCUT2D eigenvalue weighted by molar-refractivity contribution is 7.89. The molecule has 3 aromatic rings. The van der Waals surface area contributed by atoms with Crippen molar-refractivity contribution in [2.75, 3.05) is 19.7 Å². The molecule has 0 aliphatic carbocycles. The van der Waals surface area contributed by atoms with Gasteiger partial charge in [0.15, 0.2) is 0 Å². The van der Waals surface area contributed by atoms with Gasteiger partial charge in [-0.25, -0.2) is 13.1 Å². The molecule has 2 atom stereocenters. The third-order valence-corrected chi connectivity index (χ3v) is 9.23. The Labute approximate surface area is 245 Å². The summed E-state index contributed by atoms with van der Waals surface area (Å²) in [4.78, 5) is 15.7. The van der Waals surface area contributed by atoms with Gasteiger partial charge < -0.3 is 10.1 Å². The quantitative estimate of drug-likeness (QED) is 0.313. The lowest BCUT2D eigenvalue weighted by Gasteiger charge is -2.29. The van der Waals surface area contributed by atoms with E-state index in [9.17, 15) is 13.2 Å². The molecule has 2 aliphatic rings. The van der Waals surface area contributed by atoms with Gasteiger partial charge in [-0.15, -0.1) is 0 Å². The van der Waals surface area contributed by atoms with Crippen LogP contribution in [0.3, 0.4) is 0 Å². The molecule has 3 aromatic carbocycles. The van der Waals surface area contributed by atoms with Gasteiger partial charge in [0.25, 0.3) is 0 Å². The standard InChI is InChI=1S/C30H33Cl2N3O4S/c31-23-16-24(32)18-25(17-23)40(37,38)34-28(22-7-3-1-4-8-22)19-30(36)33-27-11-14-39-29-15-21(9-10-26(27)29)20-35-12-5-2-6-13-35/h1,3-4,7-10,15-18,27-28,34H,2,5-6,11-14,19-20H2,(H,33,36)/t27?,28-/m1/s1. The predicted molar refractivity (Wildman–Crippen MR) is 157 cm³/mol. The number of carbonyl (C=O) groups is 1. The van der Waals surface area contributed by atoms with Crippen LogP contribution in [0.5, 0.6) is 5.75 Å². The Morgan fingerprint density at radius 2 is 1.70 bits per heavy atom. The van der Waals surface area contributed by atoms with Crippen LogP contribution in [-0.2, 0) is 21.4 Å². The Morgan fingerprint density at radius 3 is 2.42 bits per heavy atom. The smallest absolute Gasteiger partial charge is 0.241 e. The minimum Gasteiger partial charge on any atom is -0.493 e. The molecule has 40 heavy (non-hydrogen) atoms. The highest BCUT2D eigenvalue weighted by atomic mass is 35.5. The molecule has 2 N–H and O–H groups in total. The lowest BCUT2D eigenvalue weighted by Crippen LogP contribution is -2.36. The average Bonchev–Trinajstić information content (AvgIpc) is 2.93. The van der Waals surface area contributed by atoms with Crippen molar-refractivity contribution in [1.82, 2.24) is 14.9 Å². The highest BCUT2D eigenvalue weighted by Gasteiger charge is 2.28. The fraction of sp³-hybridized carbons (Fsp3) is 0.367. The zero-order valence-electron chi connectivity index (χ0n) is 22.1. The summed E-state index contributed by atoms with van der Waals surface area (Å²) in [5.74, 6) is 0.528. The molecular formula is C30H33Cl2N3O4S. The van der Waals surface area contributed by atoms with Crippen LogP contribution in [0.2, 0.25) is 10.0 Å². The van der Waals surface area contributed by atoms with Crippen molar-refractivity contribution in [3.8, 4) is 5.75 Å². The van der Waals surface area contributed by atoms with Crippen LogP contribution in [0, 0.1) is 0 Å². The average molecular weight is 603 g/mol. The molecule has 1 fully saturated rings. The van der Waals surface area contributed by atoms with E-state index in [0.717, 1.165) is 30.9 Å². The monoisotopic (exact) mass is 601 g/mol. The van der Waals surface area contributed by atoms with Crippen molar-refractivity contribution in [3.05, 3.63) is 93.5 Å². The Balaban J connectivity index is 1.30. The SMILES string of the molecule is O=C(C[C@@H](NS(=O)(=O)c1cc(Cl)cc(Cl)c1)c1ccccc1)NC1CCOc2cc(CN3CCCCC3)ccc21. The minimum atomic E-state index is -4.02. The summed E-state index contributed by atoms with van der Waals surface area (Å²) >= 11 is 12.1. The molecular weight excluding hydrogens is 569 g/mol. The second-order valence-electron chi connectivity index (χ2n) is 10.4. The van der Waals surface area contributed by atoms with Crippen molar-refractivity contribution >= 4 is 39.1 Å². The number of piperidine rings is 1. The topological polar surface area (TPSA) is 87.7 Å². The molecule has 1 amide bonds. The number of ether oxygens (including phenoxy) is 1. The van der Waals surface area contributed by atoms with Gasteiger partial charge in [0, 0.05) is 35.0 Å². The maximum absolute atomic E-state index is 13.3. The van der Waals surface area contributed by atoms with Gasteiger partial charge in [-0.2, -0.15) is 0 Å². The molecule has 1 unspecified atom stereocenters. The minimum absolute atomic E-state index is 0.0648. The second-order valence-corrected chi connectivity index (χ2v) is 12.9. The van der Waals surface area contributed by atoms with E-state index in [0.29, 0.717) is 18.6 Å². The van der Waals surface area contributed by atoms with E-state index in [1.807, 2.05) is 12.1 Å². The lowest BCUT2D eigenvalue weighted by molar-refractivity contribution is -0.122. The zero-order chi connectivity index (χ0) is 28.1. The zero-order valence-corrected chi connectivity index (χ0v) is 24.4. The van der Waals surface area contributed by atoms with Crippen LogP contribution in [0.15, 0.2) is 71.6 Å². The molecule has 7 nitrogen and oxygen atoms in total. The number of sulfonamides is 1. The summed E-state index contributed by atoms with van der Waals surface area (Å²) in [7, 11) is -4.02. The molecule has 0 saturated carbocycles. The number of rotatable bonds is 9. The number of hydrogen-bond donors (Lipinski definition) is 2. The van der Waals surface area contributed by atoms with Gasteiger partial charge >= 0.3 is 0 Å². The molecule has 0 spiro atoms. The molecule has 1 saturated heterocycles. The second kappa shape index (κ2) is 12.9. The predicted octanol–water partition coefficient (Wildman–Crippen LogP) is 6.03. The van der Waals surface area contributed by atoms with Crippen molar-refractivity contribution < 1.29 is 17.9 Å². The van der Waals surface area contributed by atoms with E-state index < -0.39 is 16.1 Å². The summed E-state index contributed by atoms with van der Waals surface area (Å²) in [6, 6.07) is 18.4. The Kier molecular flexibility index (Phi) is 9.33. The van der Waals surface area contributed by atoms with Gasteiger partial charge in [-0.3, -0.25) is 9.69 Å². The molecule has 212 valence electrons. The van der Waals surface area contributed by atoms with Gasteiger partial charge in [-0.1, -0.05) is 72.1 Å². The maximum Gasteiger partial charge on any atom is 0.241 e. The third-order valence-electron chi connectivity index (χ3n) is 7.34. The first-order valence-electron chi connectivity index (χ1n) is 13.6. The van der Waals surface area contributed by atoms with Gasteiger partial charge in [0.1, 0.15) is 5.75 Å². The van der Waals surface area contributed by atoms with Crippen LogP contribution in [0.1, 0.15) is 60.9 Å². The van der Waals surface area contributed by atoms with Crippen LogP contribution in [-0.4, -0.2) is 38.9 Å². The van der Waals surface area contributed by atoms with E-state index in [4.69, 9.17) is 27.9 Å². The van der Waals surface area contributed by atoms with Gasteiger partial charge in [0.2, 0.25) is 15.9 Å².